The molecule has 5 nitrogen and oxygen atoms in total. The van der Waals surface area contributed by atoms with E-state index in [1.54, 1.807) is 12.1 Å². The predicted molar refractivity (Wildman–Crippen MR) is 88.9 cm³/mol. The van der Waals surface area contributed by atoms with Crippen LogP contribution in [0, 0.1) is 6.92 Å². The highest BCUT2D eigenvalue weighted by Gasteiger charge is 2.15. The van der Waals surface area contributed by atoms with E-state index in [9.17, 15) is 8.42 Å². The summed E-state index contributed by atoms with van der Waals surface area (Å²) in [4.78, 5) is 3.96. The van der Waals surface area contributed by atoms with E-state index in [4.69, 9.17) is 16.0 Å². The highest BCUT2D eigenvalue weighted by molar-refractivity contribution is 7.92. The van der Waals surface area contributed by atoms with Crippen molar-refractivity contribution in [2.45, 2.75) is 11.8 Å². The topological polar surface area (TPSA) is 72.2 Å². The Balaban J connectivity index is 1.86. The molecule has 0 aliphatic rings. The number of furan rings is 1. The molecule has 0 fully saturated rings. The van der Waals surface area contributed by atoms with Gasteiger partial charge in [-0.05, 0) is 55.5 Å². The van der Waals surface area contributed by atoms with Crippen molar-refractivity contribution >= 4 is 27.3 Å². The van der Waals surface area contributed by atoms with E-state index in [0.29, 0.717) is 11.4 Å². The van der Waals surface area contributed by atoms with Crippen LogP contribution in [0.5, 0.6) is 0 Å². The molecule has 0 saturated heterocycles. The highest BCUT2D eigenvalue weighted by Crippen LogP contribution is 2.24. The second-order valence-corrected chi connectivity index (χ2v) is 6.98. The number of pyridine rings is 1. The Bertz CT molecular complexity index is 934. The summed E-state index contributed by atoms with van der Waals surface area (Å²) < 4.78 is 32.7. The van der Waals surface area contributed by atoms with Gasteiger partial charge < -0.3 is 4.42 Å². The molecule has 0 atom stereocenters. The molecule has 3 aromatic rings. The quantitative estimate of drug-likeness (QED) is 0.720. The first-order valence-electron chi connectivity index (χ1n) is 6.75. The van der Waals surface area contributed by atoms with Crippen LogP contribution < -0.4 is 4.72 Å². The van der Waals surface area contributed by atoms with Gasteiger partial charge in [-0.25, -0.2) is 13.4 Å². The molecule has 0 bridgehead atoms. The number of rotatable bonds is 4. The normalized spacial score (nSPS) is 11.4. The molecule has 7 heteroatoms. The predicted octanol–water partition coefficient (Wildman–Crippen LogP) is 4.10. The molecule has 2 heterocycles. The zero-order valence-electron chi connectivity index (χ0n) is 12.2. The third-order valence-electron chi connectivity index (χ3n) is 3.17. The minimum Gasteiger partial charge on any atom is -0.461 e. The van der Waals surface area contributed by atoms with Crippen molar-refractivity contribution < 1.29 is 12.8 Å². The van der Waals surface area contributed by atoms with Gasteiger partial charge in [-0.3, -0.25) is 4.72 Å². The van der Waals surface area contributed by atoms with Gasteiger partial charge in [0.2, 0.25) is 0 Å². The fourth-order valence-corrected chi connectivity index (χ4v) is 3.29. The minimum atomic E-state index is -3.69. The summed E-state index contributed by atoms with van der Waals surface area (Å²) in [5.41, 5.74) is 1.17. The zero-order valence-corrected chi connectivity index (χ0v) is 13.7. The van der Waals surface area contributed by atoms with Crippen molar-refractivity contribution in [1.29, 1.82) is 0 Å². The molecular weight excluding hydrogens is 336 g/mol. The van der Waals surface area contributed by atoms with E-state index >= 15 is 0 Å². The fourth-order valence-electron chi connectivity index (χ4n) is 2.07. The van der Waals surface area contributed by atoms with Gasteiger partial charge in [0.05, 0.1) is 10.6 Å². The standard InChI is InChI=1S/C16H13ClN2O3S/c1-11-2-7-15(22-11)12-3-5-14(6-4-12)23(20,21)19-13-8-9-18-16(17)10-13/h2-10H,1H3,(H,18,19). The van der Waals surface area contributed by atoms with Crippen molar-refractivity contribution in [2.24, 2.45) is 0 Å². The highest BCUT2D eigenvalue weighted by atomic mass is 35.5. The van der Waals surface area contributed by atoms with E-state index in [2.05, 4.69) is 9.71 Å². The van der Waals surface area contributed by atoms with Crippen LogP contribution in [0.3, 0.4) is 0 Å². The third-order valence-corrected chi connectivity index (χ3v) is 4.77. The van der Waals surface area contributed by atoms with Crippen LogP contribution in [0.1, 0.15) is 5.76 Å². The molecule has 2 aromatic heterocycles. The summed E-state index contributed by atoms with van der Waals surface area (Å²) in [7, 11) is -3.69. The first kappa shape index (κ1) is 15.6. The van der Waals surface area contributed by atoms with Gasteiger partial charge in [0.1, 0.15) is 16.7 Å². The van der Waals surface area contributed by atoms with Crippen molar-refractivity contribution in [2.75, 3.05) is 4.72 Å². The van der Waals surface area contributed by atoms with E-state index in [1.807, 2.05) is 19.1 Å². The van der Waals surface area contributed by atoms with Crippen LogP contribution in [0.4, 0.5) is 5.69 Å². The second kappa shape index (κ2) is 6.06. The Morgan fingerprint density at radius 3 is 2.43 bits per heavy atom. The maximum Gasteiger partial charge on any atom is 0.261 e. The van der Waals surface area contributed by atoms with Gasteiger partial charge >= 0.3 is 0 Å². The minimum absolute atomic E-state index is 0.150. The SMILES string of the molecule is Cc1ccc(-c2ccc(S(=O)(=O)Nc3ccnc(Cl)c3)cc2)o1. The molecule has 1 aromatic carbocycles. The van der Waals surface area contributed by atoms with Gasteiger partial charge in [0, 0.05) is 11.8 Å². The first-order chi connectivity index (χ1) is 10.9. The Hall–Kier alpha value is -2.31. The number of hydrogen-bond acceptors (Lipinski definition) is 4. The van der Waals surface area contributed by atoms with Gasteiger partial charge in [0.15, 0.2) is 0 Å². The first-order valence-corrected chi connectivity index (χ1v) is 8.61. The molecule has 118 valence electrons. The number of sulfonamides is 1. The molecule has 0 aliphatic carbocycles. The van der Waals surface area contributed by atoms with Crippen LogP contribution in [0.2, 0.25) is 5.15 Å². The monoisotopic (exact) mass is 348 g/mol. The summed E-state index contributed by atoms with van der Waals surface area (Å²) in [5, 5.41) is 0.216. The summed E-state index contributed by atoms with van der Waals surface area (Å²) in [6.07, 6.45) is 1.43. The maximum atomic E-state index is 12.4. The lowest BCUT2D eigenvalue weighted by atomic mass is 10.2. The number of halogens is 1. The zero-order chi connectivity index (χ0) is 16.4. The average Bonchev–Trinajstić information content (AvgIpc) is 2.93. The van der Waals surface area contributed by atoms with Gasteiger partial charge in [-0.15, -0.1) is 0 Å². The summed E-state index contributed by atoms with van der Waals surface area (Å²) in [6.45, 7) is 1.85. The largest absolute Gasteiger partial charge is 0.461 e. The van der Waals surface area contributed by atoms with Crippen LogP contribution in [-0.4, -0.2) is 13.4 Å². The average molecular weight is 349 g/mol. The van der Waals surface area contributed by atoms with E-state index in [-0.39, 0.29) is 10.0 Å². The third kappa shape index (κ3) is 3.55. The molecule has 0 saturated carbocycles. The number of aryl methyl sites for hydroxylation is 1. The molecule has 0 aliphatic heterocycles. The van der Waals surface area contributed by atoms with Crippen LogP contribution in [0.25, 0.3) is 11.3 Å². The van der Waals surface area contributed by atoms with Gasteiger partial charge in [-0.1, -0.05) is 11.6 Å². The number of benzene rings is 1. The Kier molecular flexibility index (Phi) is 4.11. The number of aromatic nitrogens is 1. The summed E-state index contributed by atoms with van der Waals surface area (Å²) in [5.74, 6) is 1.49. The fraction of sp³-hybridized carbons (Fsp3) is 0.0625. The van der Waals surface area contributed by atoms with Crippen LogP contribution in [-0.2, 0) is 10.0 Å². The number of hydrogen-bond donors (Lipinski definition) is 1. The van der Waals surface area contributed by atoms with E-state index in [0.717, 1.165) is 11.3 Å². The smallest absolute Gasteiger partial charge is 0.261 e. The summed E-state index contributed by atoms with van der Waals surface area (Å²) >= 11 is 5.75. The molecule has 0 amide bonds. The van der Waals surface area contributed by atoms with Crippen molar-refractivity contribution in [1.82, 2.24) is 4.98 Å². The van der Waals surface area contributed by atoms with Gasteiger partial charge in [0.25, 0.3) is 10.0 Å². The van der Waals surface area contributed by atoms with Crippen molar-refractivity contribution in [3.8, 4) is 11.3 Å². The molecular formula is C16H13ClN2O3S. The molecule has 1 N–H and O–H groups in total. The Morgan fingerprint density at radius 1 is 1.09 bits per heavy atom. The second-order valence-electron chi connectivity index (χ2n) is 4.91. The van der Waals surface area contributed by atoms with E-state index in [1.165, 1.54) is 30.5 Å². The molecule has 3 rings (SSSR count). The molecule has 0 radical (unpaired) electrons. The Morgan fingerprint density at radius 2 is 1.83 bits per heavy atom. The van der Waals surface area contributed by atoms with Crippen molar-refractivity contribution in [3.63, 3.8) is 0 Å². The number of nitrogens with zero attached hydrogens (tertiary/aromatic N) is 1. The number of anilines is 1. The van der Waals surface area contributed by atoms with Crippen LogP contribution in [0.15, 0.2) is 64.0 Å². The maximum absolute atomic E-state index is 12.4. The molecule has 0 unspecified atom stereocenters. The van der Waals surface area contributed by atoms with Gasteiger partial charge in [-0.2, -0.15) is 0 Å². The number of nitrogens with one attached hydrogen (secondary N) is 1. The lowest BCUT2D eigenvalue weighted by Crippen LogP contribution is -2.12. The van der Waals surface area contributed by atoms with E-state index < -0.39 is 10.0 Å². The lowest BCUT2D eigenvalue weighted by Gasteiger charge is -2.08. The summed E-state index contributed by atoms with van der Waals surface area (Å²) in [6, 6.07) is 13.1. The van der Waals surface area contributed by atoms with Crippen molar-refractivity contribution in [3.05, 3.63) is 65.6 Å². The lowest BCUT2D eigenvalue weighted by molar-refractivity contribution is 0.548. The Labute approximate surface area is 139 Å². The molecule has 0 spiro atoms. The van der Waals surface area contributed by atoms with Crippen LogP contribution >= 0.6 is 11.6 Å². The molecule has 23 heavy (non-hydrogen) atoms.